The fourth-order valence-corrected chi connectivity index (χ4v) is 4.00. The van der Waals surface area contributed by atoms with Gasteiger partial charge in [-0.1, -0.05) is 47.6 Å². The Bertz CT molecular complexity index is 1380. The summed E-state index contributed by atoms with van der Waals surface area (Å²) in [5, 5.41) is 13.1. The van der Waals surface area contributed by atoms with E-state index in [1.807, 2.05) is 0 Å². The number of hydrogen-bond donors (Lipinski definition) is 1. The SMILES string of the molecule is N#Cc1ccc(-n2c(SCC(=O)Nc3ccccc3Cl)nc3ccccc3c2=O)cc1. The minimum absolute atomic E-state index is 0.0340. The Balaban J connectivity index is 1.69. The van der Waals surface area contributed by atoms with Gasteiger partial charge >= 0.3 is 0 Å². The number of halogens is 1. The number of para-hydroxylation sites is 2. The largest absolute Gasteiger partial charge is 0.324 e. The van der Waals surface area contributed by atoms with E-state index >= 15 is 0 Å². The molecule has 4 aromatic rings. The maximum atomic E-state index is 13.2. The summed E-state index contributed by atoms with van der Waals surface area (Å²) in [5.74, 6) is -0.237. The Hall–Kier alpha value is -3.60. The molecule has 31 heavy (non-hydrogen) atoms. The highest BCUT2D eigenvalue weighted by atomic mass is 35.5. The van der Waals surface area contributed by atoms with E-state index in [1.165, 1.54) is 4.57 Å². The van der Waals surface area contributed by atoms with Gasteiger partial charge in [-0.15, -0.1) is 0 Å². The van der Waals surface area contributed by atoms with Gasteiger partial charge in [-0.05, 0) is 48.5 Å². The van der Waals surface area contributed by atoms with Crippen LogP contribution in [0.4, 0.5) is 5.69 Å². The first-order chi connectivity index (χ1) is 15.1. The number of aromatic nitrogens is 2. The highest BCUT2D eigenvalue weighted by Gasteiger charge is 2.15. The summed E-state index contributed by atoms with van der Waals surface area (Å²) in [6.45, 7) is 0. The van der Waals surface area contributed by atoms with Crippen molar-refractivity contribution in [2.45, 2.75) is 5.16 Å². The van der Waals surface area contributed by atoms with Gasteiger partial charge in [0.05, 0.1) is 44.7 Å². The van der Waals surface area contributed by atoms with Gasteiger partial charge in [0.2, 0.25) is 5.91 Å². The molecule has 0 aliphatic heterocycles. The van der Waals surface area contributed by atoms with Gasteiger partial charge in [0.25, 0.3) is 5.56 Å². The third-order valence-electron chi connectivity index (χ3n) is 4.48. The van der Waals surface area contributed by atoms with E-state index in [0.717, 1.165) is 11.8 Å². The third kappa shape index (κ3) is 4.45. The molecule has 6 nitrogen and oxygen atoms in total. The maximum absolute atomic E-state index is 13.2. The lowest BCUT2D eigenvalue weighted by Gasteiger charge is -2.13. The van der Waals surface area contributed by atoms with E-state index in [2.05, 4.69) is 16.4 Å². The molecule has 0 atom stereocenters. The average molecular weight is 447 g/mol. The zero-order valence-electron chi connectivity index (χ0n) is 16.1. The summed E-state index contributed by atoms with van der Waals surface area (Å²) < 4.78 is 1.46. The molecule has 1 aromatic heterocycles. The monoisotopic (exact) mass is 446 g/mol. The van der Waals surface area contributed by atoms with Crippen LogP contribution in [-0.2, 0) is 4.79 Å². The molecule has 0 bridgehead atoms. The third-order valence-corrected chi connectivity index (χ3v) is 5.75. The van der Waals surface area contributed by atoms with E-state index in [0.29, 0.717) is 38.0 Å². The fourth-order valence-electron chi connectivity index (χ4n) is 3.00. The molecule has 1 heterocycles. The van der Waals surface area contributed by atoms with Gasteiger partial charge < -0.3 is 5.32 Å². The standard InChI is InChI=1S/C23H15ClN4O2S/c24-18-6-2-4-8-20(18)26-21(29)14-31-23-27-19-7-3-1-5-17(19)22(30)28(23)16-11-9-15(13-25)10-12-16/h1-12H,14H2,(H,26,29). The lowest BCUT2D eigenvalue weighted by Crippen LogP contribution is -2.23. The molecule has 1 N–H and O–H groups in total. The molecule has 0 aliphatic carbocycles. The van der Waals surface area contributed by atoms with Crippen molar-refractivity contribution >= 4 is 45.9 Å². The number of amides is 1. The second-order valence-corrected chi connectivity index (χ2v) is 7.88. The van der Waals surface area contributed by atoms with Gasteiger partial charge in [0.15, 0.2) is 5.16 Å². The van der Waals surface area contributed by atoms with Gasteiger partial charge in [-0.3, -0.25) is 14.2 Å². The molecule has 1 amide bonds. The van der Waals surface area contributed by atoms with Crippen LogP contribution in [0.1, 0.15) is 5.56 Å². The Morgan fingerprint density at radius 1 is 1.06 bits per heavy atom. The zero-order valence-corrected chi connectivity index (χ0v) is 17.7. The van der Waals surface area contributed by atoms with Gasteiger partial charge in [-0.25, -0.2) is 4.98 Å². The Labute approximate surface area is 187 Å². The van der Waals surface area contributed by atoms with Crippen molar-refractivity contribution in [1.29, 1.82) is 5.26 Å². The molecule has 0 aliphatic rings. The lowest BCUT2D eigenvalue weighted by atomic mass is 10.2. The fraction of sp³-hybridized carbons (Fsp3) is 0.0435. The van der Waals surface area contributed by atoms with Crippen LogP contribution in [0.2, 0.25) is 5.02 Å². The van der Waals surface area contributed by atoms with Crippen molar-refractivity contribution in [3.8, 4) is 11.8 Å². The normalized spacial score (nSPS) is 10.6. The molecule has 0 saturated carbocycles. The van der Waals surface area contributed by atoms with Crippen molar-refractivity contribution in [1.82, 2.24) is 9.55 Å². The Morgan fingerprint density at radius 3 is 2.52 bits per heavy atom. The summed E-state index contributed by atoms with van der Waals surface area (Å²) in [5.41, 5.74) is 1.87. The van der Waals surface area contributed by atoms with Crippen molar-refractivity contribution in [2.75, 3.05) is 11.1 Å². The Kier molecular flexibility index (Phi) is 6.03. The summed E-state index contributed by atoms with van der Waals surface area (Å²) in [6, 6.07) is 22.7. The van der Waals surface area contributed by atoms with Crippen LogP contribution in [0.25, 0.3) is 16.6 Å². The molecule has 152 valence electrons. The molecule has 3 aromatic carbocycles. The summed E-state index contributed by atoms with van der Waals surface area (Å²) in [4.78, 5) is 30.3. The van der Waals surface area contributed by atoms with Crippen LogP contribution in [0, 0.1) is 11.3 Å². The number of carbonyl (C=O) groups is 1. The van der Waals surface area contributed by atoms with E-state index in [1.54, 1.807) is 72.8 Å². The van der Waals surface area contributed by atoms with Crippen molar-refractivity contribution in [3.05, 3.63) is 93.7 Å². The molecular formula is C23H15ClN4O2S. The van der Waals surface area contributed by atoms with Crippen LogP contribution < -0.4 is 10.9 Å². The topological polar surface area (TPSA) is 87.8 Å². The number of hydrogen-bond acceptors (Lipinski definition) is 5. The van der Waals surface area contributed by atoms with Gasteiger partial charge in [0, 0.05) is 0 Å². The maximum Gasteiger partial charge on any atom is 0.266 e. The first-order valence-corrected chi connectivity index (χ1v) is 10.6. The number of nitrogens with one attached hydrogen (secondary N) is 1. The first-order valence-electron chi connectivity index (χ1n) is 9.26. The molecular weight excluding hydrogens is 432 g/mol. The van der Waals surface area contributed by atoms with Crippen LogP contribution in [0.15, 0.2) is 82.7 Å². The molecule has 0 saturated heterocycles. The zero-order chi connectivity index (χ0) is 21.8. The van der Waals surface area contributed by atoms with Gasteiger partial charge in [0.1, 0.15) is 0 Å². The highest BCUT2D eigenvalue weighted by Crippen LogP contribution is 2.24. The molecule has 8 heteroatoms. The molecule has 0 spiro atoms. The summed E-state index contributed by atoms with van der Waals surface area (Å²) in [7, 11) is 0. The summed E-state index contributed by atoms with van der Waals surface area (Å²) in [6.07, 6.45) is 0. The van der Waals surface area contributed by atoms with E-state index in [4.69, 9.17) is 16.9 Å². The van der Waals surface area contributed by atoms with Crippen molar-refractivity contribution in [3.63, 3.8) is 0 Å². The molecule has 0 unspecified atom stereocenters. The Morgan fingerprint density at radius 2 is 1.77 bits per heavy atom. The van der Waals surface area contributed by atoms with Crippen LogP contribution >= 0.6 is 23.4 Å². The van der Waals surface area contributed by atoms with E-state index in [9.17, 15) is 9.59 Å². The smallest absolute Gasteiger partial charge is 0.266 e. The number of anilines is 1. The predicted molar refractivity (Wildman–Crippen MR) is 123 cm³/mol. The minimum atomic E-state index is -0.271. The van der Waals surface area contributed by atoms with Crippen LogP contribution in [0.5, 0.6) is 0 Å². The number of fused-ring (bicyclic) bond motifs is 1. The first kappa shape index (κ1) is 20.7. The number of carbonyl (C=O) groups excluding carboxylic acids is 1. The second kappa shape index (κ2) is 9.04. The highest BCUT2D eigenvalue weighted by molar-refractivity contribution is 7.99. The van der Waals surface area contributed by atoms with Crippen molar-refractivity contribution < 1.29 is 4.79 Å². The number of nitrogens with zero attached hydrogens (tertiary/aromatic N) is 3. The number of nitriles is 1. The van der Waals surface area contributed by atoms with Crippen molar-refractivity contribution in [2.24, 2.45) is 0 Å². The molecule has 0 fully saturated rings. The number of thioether (sulfide) groups is 1. The minimum Gasteiger partial charge on any atom is -0.324 e. The van der Waals surface area contributed by atoms with Gasteiger partial charge in [-0.2, -0.15) is 5.26 Å². The molecule has 0 radical (unpaired) electrons. The average Bonchev–Trinajstić information content (AvgIpc) is 2.79. The summed E-state index contributed by atoms with van der Waals surface area (Å²) >= 11 is 7.25. The van der Waals surface area contributed by atoms with Crippen LogP contribution in [0.3, 0.4) is 0 Å². The van der Waals surface area contributed by atoms with Crippen LogP contribution in [-0.4, -0.2) is 21.2 Å². The number of rotatable bonds is 5. The van der Waals surface area contributed by atoms with E-state index < -0.39 is 0 Å². The quantitative estimate of drug-likeness (QED) is 0.356. The predicted octanol–water partition coefficient (Wildman–Crippen LogP) is 4.64. The number of benzene rings is 3. The molecule has 4 rings (SSSR count). The second-order valence-electron chi connectivity index (χ2n) is 6.53. The lowest BCUT2D eigenvalue weighted by molar-refractivity contribution is -0.113. The van der Waals surface area contributed by atoms with E-state index in [-0.39, 0.29) is 17.2 Å².